The van der Waals surface area contributed by atoms with Crippen LogP contribution in [0.3, 0.4) is 0 Å². The molecule has 0 spiro atoms. The molecule has 2 aliphatic rings. The third kappa shape index (κ3) is 5.74. The largest absolute Gasteiger partial charge is 0.451 e. The van der Waals surface area contributed by atoms with E-state index in [1.54, 1.807) is 11.1 Å². The van der Waals surface area contributed by atoms with Crippen LogP contribution in [0.15, 0.2) is 37.1 Å². The molecule has 0 unspecified atom stereocenters. The molecule has 4 aromatic rings. The number of aromatic nitrogens is 7. The average molecular weight is 608 g/mol. The van der Waals surface area contributed by atoms with E-state index in [0.717, 1.165) is 22.3 Å². The molecule has 0 bridgehead atoms. The molecule has 6 rings (SSSR count). The van der Waals surface area contributed by atoms with E-state index in [1.807, 2.05) is 37.0 Å². The number of nitrogens with zero attached hydrogens (tertiary/aromatic N) is 9. The van der Waals surface area contributed by atoms with Gasteiger partial charge in [-0.1, -0.05) is 13.8 Å². The summed E-state index contributed by atoms with van der Waals surface area (Å²) in [7, 11) is 0. The van der Waals surface area contributed by atoms with Gasteiger partial charge in [0.05, 0.1) is 30.1 Å². The first-order valence-electron chi connectivity index (χ1n) is 14.5. The topological polar surface area (TPSA) is 145 Å². The molecular formula is C29H32F3N11O. The van der Waals surface area contributed by atoms with Crippen molar-refractivity contribution in [3.63, 3.8) is 0 Å². The zero-order chi connectivity index (χ0) is 31.1. The highest BCUT2D eigenvalue weighted by Crippen LogP contribution is 2.37. The first kappa shape index (κ1) is 29.6. The highest BCUT2D eigenvalue weighted by Gasteiger charge is 2.48. The van der Waals surface area contributed by atoms with Crippen LogP contribution in [0.1, 0.15) is 55.1 Å². The highest BCUT2D eigenvalue weighted by molar-refractivity contribution is 5.92. The van der Waals surface area contributed by atoms with E-state index in [4.69, 9.17) is 0 Å². The van der Waals surface area contributed by atoms with Gasteiger partial charge >= 0.3 is 6.18 Å². The second-order valence-electron chi connectivity index (χ2n) is 11.7. The predicted molar refractivity (Wildman–Crippen MR) is 153 cm³/mol. The number of halogens is 3. The number of rotatable bonds is 8. The molecule has 2 fully saturated rings. The van der Waals surface area contributed by atoms with Crippen molar-refractivity contribution >= 4 is 16.9 Å². The fourth-order valence-corrected chi connectivity index (χ4v) is 5.99. The third-order valence-electron chi connectivity index (χ3n) is 8.31. The Morgan fingerprint density at radius 1 is 1.23 bits per heavy atom. The van der Waals surface area contributed by atoms with Gasteiger partial charge in [-0.2, -0.15) is 23.5 Å². The maximum Gasteiger partial charge on any atom is 0.451 e. The number of likely N-dealkylation sites (tertiary alicyclic amines) is 2. The predicted octanol–water partition coefficient (Wildman–Crippen LogP) is 3.36. The third-order valence-corrected chi connectivity index (χ3v) is 8.31. The van der Waals surface area contributed by atoms with Crippen molar-refractivity contribution < 1.29 is 18.0 Å². The van der Waals surface area contributed by atoms with Crippen LogP contribution in [0.5, 0.6) is 0 Å². The van der Waals surface area contributed by atoms with Crippen molar-refractivity contribution in [2.45, 2.75) is 63.5 Å². The molecule has 230 valence electrons. The number of alkyl halides is 3. The number of carbonyl (C=O) groups excluding carboxylic acids is 1. The van der Waals surface area contributed by atoms with Crippen LogP contribution in [-0.2, 0) is 18.3 Å². The van der Waals surface area contributed by atoms with Gasteiger partial charge in [0.1, 0.15) is 23.2 Å². The van der Waals surface area contributed by atoms with Crippen molar-refractivity contribution in [2.75, 3.05) is 26.2 Å². The molecule has 44 heavy (non-hydrogen) atoms. The van der Waals surface area contributed by atoms with Crippen LogP contribution in [0.4, 0.5) is 13.2 Å². The molecule has 2 saturated heterocycles. The monoisotopic (exact) mass is 607 g/mol. The standard InChI is InChI=1S/C29H32F3N11O/c1-18(2)35-13-20-11-23(40-27(39-20)29(30,31)32)26(44)41-9-4-21(5-10-41)42-15-28(16-42,6-7-33)43-14-19(12-38-43)24-22-3-8-34-25(22)37-17-36-24/h3,8,11-12,14,17-18,21,35H,4-6,9-10,13,15-16H2,1-2H3,(H,34,36,37). The Labute approximate surface area is 251 Å². The van der Waals surface area contributed by atoms with Gasteiger partial charge in [-0.15, -0.1) is 0 Å². The molecule has 0 radical (unpaired) electrons. The summed E-state index contributed by atoms with van der Waals surface area (Å²) in [5.74, 6) is -1.85. The summed E-state index contributed by atoms with van der Waals surface area (Å²) >= 11 is 0. The zero-order valence-corrected chi connectivity index (χ0v) is 24.3. The molecule has 0 aromatic carbocycles. The highest BCUT2D eigenvalue weighted by atomic mass is 19.4. The van der Waals surface area contributed by atoms with Crippen LogP contribution < -0.4 is 5.32 Å². The Bertz CT molecular complexity index is 1690. The van der Waals surface area contributed by atoms with E-state index in [1.165, 1.54) is 12.4 Å². The second-order valence-corrected chi connectivity index (χ2v) is 11.7. The molecule has 15 heteroatoms. The van der Waals surface area contributed by atoms with Crippen molar-refractivity contribution in [2.24, 2.45) is 0 Å². The van der Waals surface area contributed by atoms with Gasteiger partial charge in [-0.25, -0.2) is 19.9 Å². The van der Waals surface area contributed by atoms with E-state index in [0.29, 0.717) is 39.0 Å². The summed E-state index contributed by atoms with van der Waals surface area (Å²) in [5.41, 5.74) is 1.71. The molecule has 0 atom stereocenters. The number of nitrogens with one attached hydrogen (secondary N) is 2. The van der Waals surface area contributed by atoms with Gasteiger partial charge in [0.15, 0.2) is 0 Å². The summed E-state index contributed by atoms with van der Waals surface area (Å²) < 4.78 is 42.4. The quantitative estimate of drug-likeness (QED) is 0.308. The minimum atomic E-state index is -4.76. The van der Waals surface area contributed by atoms with Crippen molar-refractivity contribution in [3.05, 3.63) is 54.3 Å². The number of aromatic amines is 1. The van der Waals surface area contributed by atoms with Gasteiger partial charge in [0.2, 0.25) is 5.82 Å². The summed E-state index contributed by atoms with van der Waals surface area (Å²) in [6.45, 7) is 5.87. The Hall–Kier alpha value is -4.42. The number of carbonyl (C=O) groups is 1. The lowest BCUT2D eigenvalue weighted by molar-refractivity contribution is -0.145. The van der Waals surface area contributed by atoms with Gasteiger partial charge in [0, 0.05) is 68.2 Å². The van der Waals surface area contributed by atoms with Crippen LogP contribution in [-0.4, -0.2) is 88.7 Å². The number of fused-ring (bicyclic) bond motifs is 1. The SMILES string of the molecule is CC(C)NCc1cc(C(=O)N2CCC(N3CC(CC#N)(n4cc(-c5ncnc6[nH]ccc56)cn4)C3)CC2)nc(C(F)(F)F)n1. The fourth-order valence-electron chi connectivity index (χ4n) is 5.99. The lowest BCUT2D eigenvalue weighted by Gasteiger charge is -2.53. The maximum absolute atomic E-state index is 13.5. The molecular weight excluding hydrogens is 575 g/mol. The second kappa shape index (κ2) is 11.6. The van der Waals surface area contributed by atoms with Crippen molar-refractivity contribution in [1.29, 1.82) is 5.26 Å². The van der Waals surface area contributed by atoms with Crippen molar-refractivity contribution in [1.82, 2.24) is 49.8 Å². The summed E-state index contributed by atoms with van der Waals surface area (Å²) in [5, 5.41) is 18.2. The number of hydrogen-bond donors (Lipinski definition) is 2. The maximum atomic E-state index is 13.5. The van der Waals surface area contributed by atoms with Crippen LogP contribution >= 0.6 is 0 Å². The van der Waals surface area contributed by atoms with Gasteiger partial charge in [-0.3, -0.25) is 14.4 Å². The number of H-pyrrole nitrogens is 1. The molecule has 1 amide bonds. The smallest absolute Gasteiger partial charge is 0.346 e. The molecule has 6 heterocycles. The molecule has 2 aliphatic heterocycles. The van der Waals surface area contributed by atoms with Gasteiger partial charge in [-0.05, 0) is 25.0 Å². The fraction of sp³-hybridized carbons (Fsp3) is 0.483. The van der Waals surface area contributed by atoms with E-state index in [-0.39, 0.29) is 36.4 Å². The van der Waals surface area contributed by atoms with Crippen molar-refractivity contribution in [3.8, 4) is 17.3 Å². The Balaban J connectivity index is 1.11. The average Bonchev–Trinajstić information content (AvgIpc) is 3.67. The number of nitriles is 1. The van der Waals surface area contributed by atoms with E-state index < -0.39 is 23.4 Å². The number of hydrogen-bond acceptors (Lipinski definition) is 9. The summed E-state index contributed by atoms with van der Waals surface area (Å²) in [6, 6.07) is 5.78. The Kier molecular flexibility index (Phi) is 7.80. The molecule has 2 N–H and O–H groups in total. The van der Waals surface area contributed by atoms with E-state index in [2.05, 4.69) is 46.3 Å². The first-order valence-corrected chi connectivity index (χ1v) is 14.5. The minimum absolute atomic E-state index is 0.0373. The van der Waals surface area contributed by atoms with Gasteiger partial charge in [0.25, 0.3) is 5.91 Å². The summed E-state index contributed by atoms with van der Waals surface area (Å²) in [6.07, 6.45) is 3.82. The zero-order valence-electron chi connectivity index (χ0n) is 24.3. The van der Waals surface area contributed by atoms with Gasteiger partial charge < -0.3 is 15.2 Å². The first-order chi connectivity index (χ1) is 21.1. The molecule has 4 aromatic heterocycles. The summed E-state index contributed by atoms with van der Waals surface area (Å²) in [4.78, 5) is 36.1. The Morgan fingerprint density at radius 3 is 2.70 bits per heavy atom. The minimum Gasteiger partial charge on any atom is -0.346 e. The van der Waals surface area contributed by atoms with E-state index >= 15 is 0 Å². The molecule has 0 saturated carbocycles. The van der Waals surface area contributed by atoms with Crippen LogP contribution in [0.25, 0.3) is 22.3 Å². The number of amides is 1. The molecule has 0 aliphatic carbocycles. The lowest BCUT2D eigenvalue weighted by Crippen LogP contribution is -2.66. The lowest BCUT2D eigenvalue weighted by atomic mass is 9.83. The molecule has 12 nitrogen and oxygen atoms in total. The Morgan fingerprint density at radius 2 is 2.00 bits per heavy atom. The number of piperidine rings is 1. The van der Waals surface area contributed by atoms with E-state index in [9.17, 15) is 23.2 Å². The normalized spacial score (nSPS) is 17.6. The van der Waals surface area contributed by atoms with Crippen LogP contribution in [0.2, 0.25) is 0 Å². The van der Waals surface area contributed by atoms with Crippen LogP contribution in [0, 0.1) is 11.3 Å².